The molecule has 0 aromatic rings. The highest BCUT2D eigenvalue weighted by Gasteiger charge is 2.46. The summed E-state index contributed by atoms with van der Waals surface area (Å²) in [4.78, 5) is 5.65. The fraction of sp³-hybridized carbons (Fsp3) is 0.875. The van der Waals surface area contributed by atoms with E-state index in [0.717, 1.165) is 5.92 Å². The summed E-state index contributed by atoms with van der Waals surface area (Å²) >= 11 is 0. The SMILES string of the molecule is CCC(C(C)C/C=C\[SiH3])(N1CCCC1)N1CCCC1. The molecule has 2 aliphatic heterocycles. The molecule has 2 saturated heterocycles. The molecule has 19 heavy (non-hydrogen) atoms. The minimum absolute atomic E-state index is 0.341. The standard InChI is InChI=1S/C16H32N2Si/c1-3-16(15(2)9-8-14-19,17-10-4-5-11-17)18-12-6-7-13-18/h8,14-15H,3-7,9-13H2,1-2,19H3/b14-8-. The number of hydrogen-bond acceptors (Lipinski definition) is 2. The Balaban J connectivity index is 2.22. The van der Waals surface area contributed by atoms with Crippen molar-refractivity contribution in [2.75, 3.05) is 26.2 Å². The van der Waals surface area contributed by atoms with Gasteiger partial charge in [0.2, 0.25) is 0 Å². The van der Waals surface area contributed by atoms with Gasteiger partial charge >= 0.3 is 0 Å². The largest absolute Gasteiger partial charge is 0.285 e. The van der Waals surface area contributed by atoms with E-state index < -0.39 is 0 Å². The van der Waals surface area contributed by atoms with Crippen LogP contribution in [0.1, 0.15) is 52.4 Å². The molecule has 0 radical (unpaired) electrons. The first-order chi connectivity index (χ1) is 9.25. The molecule has 0 N–H and O–H groups in total. The molecule has 1 unspecified atom stereocenters. The summed E-state index contributed by atoms with van der Waals surface area (Å²) in [5, 5.41) is 0. The van der Waals surface area contributed by atoms with Crippen molar-refractivity contribution in [2.24, 2.45) is 5.92 Å². The zero-order valence-electron chi connectivity index (χ0n) is 13.2. The summed E-state index contributed by atoms with van der Waals surface area (Å²) in [6.07, 6.45) is 10.6. The predicted molar refractivity (Wildman–Crippen MR) is 87.5 cm³/mol. The van der Waals surface area contributed by atoms with Crippen LogP contribution >= 0.6 is 0 Å². The normalized spacial score (nSPS) is 24.7. The van der Waals surface area contributed by atoms with Crippen LogP contribution < -0.4 is 0 Å². The highest BCUT2D eigenvalue weighted by atomic mass is 28.1. The summed E-state index contributed by atoms with van der Waals surface area (Å²) in [5.41, 5.74) is 2.69. The summed E-state index contributed by atoms with van der Waals surface area (Å²) in [7, 11) is 1.20. The second-order valence-corrected chi connectivity index (χ2v) is 6.99. The third kappa shape index (κ3) is 2.98. The van der Waals surface area contributed by atoms with Crippen molar-refractivity contribution < 1.29 is 0 Å². The van der Waals surface area contributed by atoms with Gasteiger partial charge in [-0.3, -0.25) is 9.80 Å². The van der Waals surface area contributed by atoms with Crippen molar-refractivity contribution in [1.29, 1.82) is 0 Å². The van der Waals surface area contributed by atoms with Crippen molar-refractivity contribution in [1.82, 2.24) is 9.80 Å². The molecule has 110 valence electrons. The number of allylic oxidation sites excluding steroid dienone is 1. The fourth-order valence-electron chi connectivity index (χ4n) is 4.36. The van der Waals surface area contributed by atoms with Crippen molar-refractivity contribution in [2.45, 2.75) is 58.0 Å². The zero-order valence-corrected chi connectivity index (χ0v) is 15.2. The quantitative estimate of drug-likeness (QED) is 0.688. The molecule has 1 atom stereocenters. The van der Waals surface area contributed by atoms with Gasteiger partial charge in [0.25, 0.3) is 0 Å². The van der Waals surface area contributed by atoms with Crippen molar-refractivity contribution >= 4 is 10.2 Å². The van der Waals surface area contributed by atoms with Crippen LogP contribution in [0.25, 0.3) is 0 Å². The average Bonchev–Trinajstić information content (AvgIpc) is 3.11. The Labute approximate surface area is 122 Å². The molecule has 2 aliphatic rings. The Morgan fingerprint density at radius 2 is 1.53 bits per heavy atom. The van der Waals surface area contributed by atoms with Gasteiger partial charge in [0.05, 0.1) is 5.66 Å². The summed E-state index contributed by atoms with van der Waals surface area (Å²) in [6, 6.07) is 0. The lowest BCUT2D eigenvalue weighted by atomic mass is 9.85. The number of nitrogens with zero attached hydrogens (tertiary/aromatic N) is 2. The molecule has 3 heteroatoms. The highest BCUT2D eigenvalue weighted by Crippen LogP contribution is 2.39. The molecular formula is C16H32N2Si. The van der Waals surface area contributed by atoms with Crippen LogP contribution in [-0.4, -0.2) is 51.9 Å². The predicted octanol–water partition coefficient (Wildman–Crippen LogP) is 2.19. The Hall–Kier alpha value is -0.123. The van der Waals surface area contributed by atoms with E-state index in [1.165, 1.54) is 74.9 Å². The minimum atomic E-state index is 0.341. The van der Waals surface area contributed by atoms with E-state index in [9.17, 15) is 0 Å². The van der Waals surface area contributed by atoms with Crippen LogP contribution in [0.2, 0.25) is 0 Å². The average molecular weight is 281 g/mol. The molecule has 0 bridgehead atoms. The maximum absolute atomic E-state index is 2.82. The lowest BCUT2D eigenvalue weighted by Gasteiger charge is -2.52. The topological polar surface area (TPSA) is 6.48 Å². The van der Waals surface area contributed by atoms with Crippen LogP contribution in [-0.2, 0) is 0 Å². The summed E-state index contributed by atoms with van der Waals surface area (Å²) in [6.45, 7) is 10.2. The Morgan fingerprint density at radius 3 is 1.89 bits per heavy atom. The summed E-state index contributed by atoms with van der Waals surface area (Å²) < 4.78 is 0. The number of rotatable bonds is 6. The molecule has 0 saturated carbocycles. The summed E-state index contributed by atoms with van der Waals surface area (Å²) in [5.74, 6) is 0.749. The second-order valence-electron chi connectivity index (χ2n) is 6.33. The van der Waals surface area contributed by atoms with Gasteiger partial charge in [0.1, 0.15) is 0 Å². The monoisotopic (exact) mass is 280 g/mol. The first kappa shape index (κ1) is 15.3. The Bertz CT molecular complexity index is 275. The first-order valence-corrected chi connectivity index (χ1v) is 9.52. The molecule has 2 rings (SSSR count). The van der Waals surface area contributed by atoms with Crippen LogP contribution in [0.5, 0.6) is 0 Å². The Kier molecular flexibility index (Phi) is 5.66. The molecule has 0 aromatic heterocycles. The maximum Gasteiger partial charge on any atom is 0.0764 e. The highest BCUT2D eigenvalue weighted by molar-refractivity contribution is 6.16. The van der Waals surface area contributed by atoms with Crippen LogP contribution in [0.15, 0.2) is 11.8 Å². The van der Waals surface area contributed by atoms with Gasteiger partial charge in [-0.05, 0) is 70.6 Å². The van der Waals surface area contributed by atoms with Crippen molar-refractivity contribution in [3.05, 3.63) is 11.8 Å². The van der Waals surface area contributed by atoms with E-state index in [0.29, 0.717) is 5.66 Å². The second kappa shape index (κ2) is 7.05. The fourth-order valence-corrected chi connectivity index (χ4v) is 4.63. The lowest BCUT2D eigenvalue weighted by molar-refractivity contribution is -0.0778. The molecule has 0 aromatic carbocycles. The molecule has 2 nitrogen and oxygen atoms in total. The molecule has 2 fully saturated rings. The molecular weight excluding hydrogens is 248 g/mol. The molecule has 0 spiro atoms. The number of hydrogen-bond donors (Lipinski definition) is 0. The molecule has 0 amide bonds. The van der Waals surface area contributed by atoms with Gasteiger partial charge in [-0.2, -0.15) is 0 Å². The zero-order chi connectivity index (χ0) is 13.7. The van der Waals surface area contributed by atoms with E-state index in [2.05, 4.69) is 35.4 Å². The Morgan fingerprint density at radius 1 is 1.05 bits per heavy atom. The van der Waals surface area contributed by atoms with Crippen LogP contribution in [0, 0.1) is 5.92 Å². The van der Waals surface area contributed by atoms with Crippen molar-refractivity contribution in [3.8, 4) is 0 Å². The maximum atomic E-state index is 2.82. The van der Waals surface area contributed by atoms with E-state index in [4.69, 9.17) is 0 Å². The third-order valence-electron chi connectivity index (χ3n) is 5.34. The van der Waals surface area contributed by atoms with Crippen LogP contribution in [0.4, 0.5) is 0 Å². The van der Waals surface area contributed by atoms with Gasteiger partial charge in [-0.15, -0.1) is 5.70 Å². The number of likely N-dealkylation sites (tertiary alicyclic amines) is 2. The van der Waals surface area contributed by atoms with E-state index in [-0.39, 0.29) is 0 Å². The minimum Gasteiger partial charge on any atom is -0.285 e. The van der Waals surface area contributed by atoms with Gasteiger partial charge in [0, 0.05) is 10.2 Å². The van der Waals surface area contributed by atoms with Gasteiger partial charge in [-0.25, -0.2) is 0 Å². The molecule has 2 heterocycles. The van der Waals surface area contributed by atoms with Gasteiger partial charge in [-0.1, -0.05) is 19.9 Å². The van der Waals surface area contributed by atoms with Gasteiger partial charge < -0.3 is 0 Å². The van der Waals surface area contributed by atoms with E-state index in [1.54, 1.807) is 0 Å². The first-order valence-electron chi connectivity index (χ1n) is 8.37. The third-order valence-corrected chi connectivity index (χ3v) is 5.81. The van der Waals surface area contributed by atoms with Gasteiger partial charge in [0.15, 0.2) is 0 Å². The molecule has 0 aliphatic carbocycles. The van der Waals surface area contributed by atoms with Crippen molar-refractivity contribution in [3.63, 3.8) is 0 Å². The smallest absolute Gasteiger partial charge is 0.0764 e. The van der Waals surface area contributed by atoms with E-state index in [1.807, 2.05) is 0 Å². The van der Waals surface area contributed by atoms with E-state index >= 15 is 0 Å². The van der Waals surface area contributed by atoms with Crippen LogP contribution in [0.3, 0.4) is 0 Å². The lowest BCUT2D eigenvalue weighted by Crippen LogP contribution is -2.62.